The van der Waals surface area contributed by atoms with E-state index >= 15 is 0 Å². The lowest BCUT2D eigenvalue weighted by Crippen LogP contribution is -2.39. The van der Waals surface area contributed by atoms with Crippen LogP contribution in [0.3, 0.4) is 0 Å². The number of halogens is 1. The molecule has 0 spiro atoms. The normalized spacial score (nSPS) is 19.1. The molecule has 0 aliphatic carbocycles. The lowest BCUT2D eigenvalue weighted by molar-refractivity contribution is -0.123. The van der Waals surface area contributed by atoms with Crippen LogP contribution in [0.25, 0.3) is 0 Å². The molecule has 0 aromatic carbocycles. The number of nitrogens with one attached hydrogen (secondary N) is 1. The monoisotopic (exact) mass is 236 g/mol. The van der Waals surface area contributed by atoms with Crippen molar-refractivity contribution in [3.05, 3.63) is 0 Å². The van der Waals surface area contributed by atoms with Crippen LogP contribution in [0.15, 0.2) is 0 Å². The summed E-state index contributed by atoms with van der Waals surface area (Å²) < 4.78 is 5.23. The number of hydrogen-bond acceptors (Lipinski definition) is 3. The van der Waals surface area contributed by atoms with E-state index in [2.05, 4.69) is 5.32 Å². The molecule has 1 aliphatic heterocycles. The van der Waals surface area contributed by atoms with Crippen LogP contribution in [-0.4, -0.2) is 31.7 Å². The molecule has 1 rings (SSSR count). The van der Waals surface area contributed by atoms with Gasteiger partial charge in [-0.3, -0.25) is 4.79 Å². The van der Waals surface area contributed by atoms with Crippen LogP contribution in [0.2, 0.25) is 0 Å². The first-order valence-corrected chi connectivity index (χ1v) is 5.29. The first-order valence-electron chi connectivity index (χ1n) is 5.29. The zero-order valence-corrected chi connectivity index (χ0v) is 10.0. The lowest BCUT2D eigenvalue weighted by Gasteiger charge is -2.22. The first-order chi connectivity index (χ1) is 6.72. The van der Waals surface area contributed by atoms with Crippen LogP contribution in [0.4, 0.5) is 0 Å². The molecule has 90 valence electrons. The summed E-state index contributed by atoms with van der Waals surface area (Å²) >= 11 is 0. The van der Waals surface area contributed by atoms with E-state index in [0.717, 1.165) is 26.1 Å². The molecular weight excluding hydrogens is 216 g/mol. The maximum absolute atomic E-state index is 11.5. The van der Waals surface area contributed by atoms with E-state index in [9.17, 15) is 4.79 Å². The quantitative estimate of drug-likeness (QED) is 0.755. The van der Waals surface area contributed by atoms with Gasteiger partial charge in [-0.2, -0.15) is 0 Å². The van der Waals surface area contributed by atoms with Crippen LogP contribution in [-0.2, 0) is 9.53 Å². The van der Waals surface area contributed by atoms with Crippen molar-refractivity contribution in [3.63, 3.8) is 0 Å². The summed E-state index contributed by atoms with van der Waals surface area (Å²) in [5, 5.41) is 2.87. The highest BCUT2D eigenvalue weighted by molar-refractivity contribution is 5.85. The Bertz CT molecular complexity index is 184. The Morgan fingerprint density at radius 3 is 2.67 bits per heavy atom. The maximum atomic E-state index is 11.5. The summed E-state index contributed by atoms with van der Waals surface area (Å²) in [6, 6.07) is 0.0855. The topological polar surface area (TPSA) is 64.3 Å². The van der Waals surface area contributed by atoms with E-state index in [1.54, 1.807) is 0 Å². The number of nitrogens with two attached hydrogens (primary N) is 1. The van der Waals surface area contributed by atoms with Crippen molar-refractivity contribution in [2.45, 2.75) is 32.2 Å². The highest BCUT2D eigenvalue weighted by Gasteiger charge is 2.17. The Balaban J connectivity index is 0.00000196. The first kappa shape index (κ1) is 14.7. The molecule has 1 fully saturated rings. The number of ether oxygens (including phenoxy) is 1. The summed E-state index contributed by atoms with van der Waals surface area (Å²) in [7, 11) is 0. The van der Waals surface area contributed by atoms with Crippen LogP contribution in [0.5, 0.6) is 0 Å². The molecule has 5 heteroatoms. The van der Waals surface area contributed by atoms with Crippen LogP contribution >= 0.6 is 12.4 Å². The highest BCUT2D eigenvalue weighted by Crippen LogP contribution is 2.17. The number of amides is 1. The SMILES string of the molecule is C[C@H](CN)NC(=O)CC1CCOCC1.Cl. The van der Waals surface area contributed by atoms with Gasteiger partial charge in [0.15, 0.2) is 0 Å². The van der Waals surface area contributed by atoms with Crippen LogP contribution in [0.1, 0.15) is 26.2 Å². The third kappa shape index (κ3) is 5.97. The molecule has 0 aromatic heterocycles. The van der Waals surface area contributed by atoms with Gasteiger partial charge in [0, 0.05) is 32.2 Å². The summed E-state index contributed by atoms with van der Waals surface area (Å²) in [5.74, 6) is 0.614. The van der Waals surface area contributed by atoms with E-state index in [-0.39, 0.29) is 24.4 Å². The van der Waals surface area contributed by atoms with Gasteiger partial charge < -0.3 is 15.8 Å². The van der Waals surface area contributed by atoms with E-state index in [1.807, 2.05) is 6.92 Å². The number of hydrogen-bond donors (Lipinski definition) is 2. The Morgan fingerprint density at radius 2 is 2.13 bits per heavy atom. The lowest BCUT2D eigenvalue weighted by atomic mass is 9.96. The number of rotatable bonds is 4. The second-order valence-corrected chi connectivity index (χ2v) is 3.96. The minimum absolute atomic E-state index is 0. The maximum Gasteiger partial charge on any atom is 0.220 e. The molecule has 1 saturated heterocycles. The smallest absolute Gasteiger partial charge is 0.220 e. The van der Waals surface area contributed by atoms with Crippen molar-refractivity contribution in [1.82, 2.24) is 5.32 Å². The third-order valence-electron chi connectivity index (χ3n) is 2.58. The highest BCUT2D eigenvalue weighted by atomic mass is 35.5. The fourth-order valence-electron chi connectivity index (χ4n) is 1.61. The van der Waals surface area contributed by atoms with Crippen LogP contribution in [0, 0.1) is 5.92 Å². The summed E-state index contributed by atoms with van der Waals surface area (Å²) in [6.07, 6.45) is 2.63. The average Bonchev–Trinajstić information content (AvgIpc) is 2.19. The standard InChI is InChI=1S/C10H20N2O2.ClH/c1-8(7-11)12-10(13)6-9-2-4-14-5-3-9;/h8-9H,2-7,11H2,1H3,(H,12,13);1H/t8-;/m1./s1. The summed E-state index contributed by atoms with van der Waals surface area (Å²) in [4.78, 5) is 11.5. The van der Waals surface area contributed by atoms with E-state index in [1.165, 1.54) is 0 Å². The van der Waals surface area contributed by atoms with Gasteiger partial charge in [0.05, 0.1) is 0 Å². The van der Waals surface area contributed by atoms with Gasteiger partial charge in [-0.25, -0.2) is 0 Å². The Hall–Kier alpha value is -0.320. The fraction of sp³-hybridized carbons (Fsp3) is 0.900. The molecule has 1 aliphatic rings. The Kier molecular flexibility index (Phi) is 7.74. The van der Waals surface area contributed by atoms with Crippen molar-refractivity contribution >= 4 is 18.3 Å². The van der Waals surface area contributed by atoms with Crippen molar-refractivity contribution in [2.75, 3.05) is 19.8 Å². The molecule has 3 N–H and O–H groups in total. The van der Waals surface area contributed by atoms with Gasteiger partial charge in [-0.05, 0) is 25.7 Å². The predicted octanol–water partition coefficient (Wildman–Crippen LogP) is 0.688. The number of carbonyl (C=O) groups is 1. The van der Waals surface area contributed by atoms with E-state index in [0.29, 0.717) is 18.9 Å². The van der Waals surface area contributed by atoms with Crippen molar-refractivity contribution < 1.29 is 9.53 Å². The second-order valence-electron chi connectivity index (χ2n) is 3.96. The van der Waals surface area contributed by atoms with Gasteiger partial charge in [-0.1, -0.05) is 0 Å². The molecule has 4 nitrogen and oxygen atoms in total. The summed E-state index contributed by atoms with van der Waals surface area (Å²) in [6.45, 7) is 4.01. The molecule has 1 amide bonds. The molecule has 1 heterocycles. The molecule has 1 atom stereocenters. The largest absolute Gasteiger partial charge is 0.381 e. The summed E-state index contributed by atoms with van der Waals surface area (Å²) in [5.41, 5.74) is 5.42. The molecule has 0 unspecified atom stereocenters. The molecular formula is C10H21ClN2O2. The van der Waals surface area contributed by atoms with Crippen molar-refractivity contribution in [1.29, 1.82) is 0 Å². The molecule has 0 bridgehead atoms. The molecule has 0 radical (unpaired) electrons. The molecule has 0 saturated carbocycles. The van der Waals surface area contributed by atoms with E-state index in [4.69, 9.17) is 10.5 Å². The number of carbonyl (C=O) groups excluding carboxylic acids is 1. The van der Waals surface area contributed by atoms with Gasteiger partial charge in [0.25, 0.3) is 0 Å². The van der Waals surface area contributed by atoms with E-state index < -0.39 is 0 Å². The van der Waals surface area contributed by atoms with Crippen LogP contribution < -0.4 is 11.1 Å². The molecule has 15 heavy (non-hydrogen) atoms. The minimum Gasteiger partial charge on any atom is -0.381 e. The van der Waals surface area contributed by atoms with Crippen molar-refractivity contribution in [3.8, 4) is 0 Å². The average molecular weight is 237 g/mol. The Labute approximate surface area is 97.3 Å². The van der Waals surface area contributed by atoms with Gasteiger partial charge >= 0.3 is 0 Å². The van der Waals surface area contributed by atoms with Gasteiger partial charge in [0.1, 0.15) is 0 Å². The zero-order valence-electron chi connectivity index (χ0n) is 9.20. The molecule has 0 aromatic rings. The zero-order chi connectivity index (χ0) is 10.4. The second kappa shape index (κ2) is 7.91. The van der Waals surface area contributed by atoms with Crippen molar-refractivity contribution in [2.24, 2.45) is 11.7 Å². The minimum atomic E-state index is 0. The fourth-order valence-corrected chi connectivity index (χ4v) is 1.61. The third-order valence-corrected chi connectivity index (χ3v) is 2.58. The van der Waals surface area contributed by atoms with Gasteiger partial charge in [0.2, 0.25) is 5.91 Å². The Morgan fingerprint density at radius 1 is 1.53 bits per heavy atom. The predicted molar refractivity (Wildman–Crippen MR) is 62.1 cm³/mol. The van der Waals surface area contributed by atoms with Gasteiger partial charge in [-0.15, -0.1) is 12.4 Å².